The molecule has 0 radical (unpaired) electrons. The van der Waals surface area contributed by atoms with Gasteiger partial charge in [-0.05, 0) is 57.7 Å². The van der Waals surface area contributed by atoms with Crippen LogP contribution in [0, 0.1) is 0 Å². The molecule has 3 heteroatoms. The molecule has 0 bridgehead atoms. The highest BCUT2D eigenvalue weighted by Crippen LogP contribution is 2.34. The third-order valence-corrected chi connectivity index (χ3v) is 4.31. The Morgan fingerprint density at radius 3 is 2.29 bits per heavy atom. The summed E-state index contributed by atoms with van der Waals surface area (Å²) in [6.45, 7) is 10.9. The molecule has 0 unspecified atom stereocenters. The number of nitrogens with zero attached hydrogens (tertiary/aromatic N) is 1. The summed E-state index contributed by atoms with van der Waals surface area (Å²) < 4.78 is 0. The molecule has 1 aromatic carbocycles. The van der Waals surface area contributed by atoms with Crippen molar-refractivity contribution in [2.75, 3.05) is 19.6 Å². The number of hydrogen-bond donors (Lipinski definition) is 1. The van der Waals surface area contributed by atoms with E-state index in [0.29, 0.717) is 6.54 Å². The number of likely N-dealkylation sites (tertiary alicyclic amines) is 1. The quantitative estimate of drug-likeness (QED) is 0.927. The monoisotopic (exact) mass is 288 g/mol. The van der Waals surface area contributed by atoms with E-state index in [1.54, 1.807) is 0 Å². The zero-order valence-electron chi connectivity index (χ0n) is 13.8. The predicted octanol–water partition coefficient (Wildman–Crippen LogP) is 2.95. The van der Waals surface area contributed by atoms with Crippen LogP contribution in [-0.4, -0.2) is 36.0 Å². The molecule has 1 fully saturated rings. The first-order chi connectivity index (χ1) is 9.78. The lowest BCUT2D eigenvalue weighted by atomic mass is 9.74. The summed E-state index contributed by atoms with van der Waals surface area (Å²) in [6, 6.07) is 10.7. The molecule has 1 aliphatic heterocycles. The van der Waals surface area contributed by atoms with Crippen molar-refractivity contribution in [3.63, 3.8) is 0 Å². The Kier molecular flexibility index (Phi) is 4.72. The second kappa shape index (κ2) is 6.18. The van der Waals surface area contributed by atoms with E-state index < -0.39 is 0 Å². The fourth-order valence-electron chi connectivity index (χ4n) is 2.99. The van der Waals surface area contributed by atoms with Crippen molar-refractivity contribution in [3.05, 3.63) is 35.9 Å². The predicted molar refractivity (Wildman–Crippen MR) is 87.4 cm³/mol. The van der Waals surface area contributed by atoms with Crippen LogP contribution in [0.5, 0.6) is 0 Å². The molecule has 1 N–H and O–H groups in total. The number of hydrogen-bond acceptors (Lipinski definition) is 2. The third kappa shape index (κ3) is 4.57. The van der Waals surface area contributed by atoms with E-state index in [1.165, 1.54) is 5.56 Å². The Labute approximate surface area is 128 Å². The van der Waals surface area contributed by atoms with Gasteiger partial charge in [0, 0.05) is 5.54 Å². The van der Waals surface area contributed by atoms with Crippen LogP contribution in [0.25, 0.3) is 0 Å². The van der Waals surface area contributed by atoms with Gasteiger partial charge in [0.25, 0.3) is 0 Å². The first-order valence-corrected chi connectivity index (χ1v) is 7.87. The van der Waals surface area contributed by atoms with Gasteiger partial charge in [-0.25, -0.2) is 0 Å². The van der Waals surface area contributed by atoms with Crippen molar-refractivity contribution in [3.8, 4) is 0 Å². The van der Waals surface area contributed by atoms with Crippen LogP contribution in [0.15, 0.2) is 30.3 Å². The summed E-state index contributed by atoms with van der Waals surface area (Å²) in [5.41, 5.74) is 1.52. The maximum absolute atomic E-state index is 12.0. The SMILES string of the molecule is CC(C)(C)NC(=O)CN1CCC(C)(c2ccccc2)CC1. The molecule has 116 valence electrons. The first kappa shape index (κ1) is 16.0. The maximum Gasteiger partial charge on any atom is 0.234 e. The number of benzene rings is 1. The smallest absolute Gasteiger partial charge is 0.234 e. The first-order valence-electron chi connectivity index (χ1n) is 7.87. The fraction of sp³-hybridized carbons (Fsp3) is 0.611. The van der Waals surface area contributed by atoms with Gasteiger partial charge >= 0.3 is 0 Å². The van der Waals surface area contributed by atoms with E-state index >= 15 is 0 Å². The van der Waals surface area contributed by atoms with Crippen molar-refractivity contribution in [2.45, 2.75) is 51.5 Å². The van der Waals surface area contributed by atoms with E-state index in [4.69, 9.17) is 0 Å². The summed E-state index contributed by atoms with van der Waals surface area (Å²) in [7, 11) is 0. The Bertz CT molecular complexity index is 468. The normalized spacial score (nSPS) is 19.2. The van der Waals surface area contributed by atoms with Gasteiger partial charge in [0.05, 0.1) is 6.54 Å². The van der Waals surface area contributed by atoms with Gasteiger partial charge in [0.2, 0.25) is 5.91 Å². The van der Waals surface area contributed by atoms with Crippen LogP contribution in [0.2, 0.25) is 0 Å². The minimum atomic E-state index is -0.147. The molecule has 0 atom stereocenters. The van der Waals surface area contributed by atoms with E-state index in [-0.39, 0.29) is 16.9 Å². The van der Waals surface area contributed by atoms with Crippen LogP contribution < -0.4 is 5.32 Å². The Morgan fingerprint density at radius 1 is 1.19 bits per heavy atom. The molecule has 3 nitrogen and oxygen atoms in total. The minimum absolute atomic E-state index is 0.130. The van der Waals surface area contributed by atoms with Crippen LogP contribution in [0.1, 0.15) is 46.1 Å². The average Bonchev–Trinajstić information content (AvgIpc) is 2.40. The van der Waals surface area contributed by atoms with Crippen molar-refractivity contribution in [2.24, 2.45) is 0 Å². The molecule has 0 aliphatic carbocycles. The molecule has 1 aliphatic rings. The number of rotatable bonds is 3. The van der Waals surface area contributed by atoms with Crippen molar-refractivity contribution >= 4 is 5.91 Å². The minimum Gasteiger partial charge on any atom is -0.350 e. The van der Waals surface area contributed by atoms with Gasteiger partial charge in [-0.3, -0.25) is 9.69 Å². The van der Waals surface area contributed by atoms with Gasteiger partial charge in [-0.1, -0.05) is 37.3 Å². The van der Waals surface area contributed by atoms with Crippen LogP contribution in [-0.2, 0) is 10.2 Å². The zero-order valence-corrected chi connectivity index (χ0v) is 13.8. The summed E-state index contributed by atoms with van der Waals surface area (Å²) in [4.78, 5) is 14.3. The van der Waals surface area contributed by atoms with Gasteiger partial charge in [-0.15, -0.1) is 0 Å². The standard InChI is InChI=1S/C18H28N2O/c1-17(2,3)19-16(21)14-20-12-10-18(4,11-13-20)15-8-6-5-7-9-15/h5-9H,10-14H2,1-4H3,(H,19,21). The molecular weight excluding hydrogens is 260 g/mol. The zero-order chi connectivity index (χ0) is 15.5. The van der Waals surface area contributed by atoms with Gasteiger partial charge in [0.15, 0.2) is 0 Å². The highest BCUT2D eigenvalue weighted by atomic mass is 16.2. The summed E-state index contributed by atoms with van der Waals surface area (Å²) in [6.07, 6.45) is 2.22. The summed E-state index contributed by atoms with van der Waals surface area (Å²) in [5.74, 6) is 0.130. The third-order valence-electron chi connectivity index (χ3n) is 4.31. The molecule has 1 aromatic rings. The molecular formula is C18H28N2O. The average molecular weight is 288 g/mol. The lowest BCUT2D eigenvalue weighted by Crippen LogP contribution is -2.49. The summed E-state index contributed by atoms with van der Waals surface area (Å²) >= 11 is 0. The Balaban J connectivity index is 1.87. The Hall–Kier alpha value is -1.35. The molecule has 21 heavy (non-hydrogen) atoms. The molecule has 0 spiro atoms. The van der Waals surface area contributed by atoms with Gasteiger partial charge in [0.1, 0.15) is 0 Å². The number of nitrogens with one attached hydrogen (secondary N) is 1. The number of amides is 1. The second-order valence-corrected chi connectivity index (χ2v) is 7.50. The fourth-order valence-corrected chi connectivity index (χ4v) is 2.99. The topological polar surface area (TPSA) is 32.3 Å². The van der Waals surface area contributed by atoms with Crippen LogP contribution in [0.3, 0.4) is 0 Å². The molecule has 0 aromatic heterocycles. The van der Waals surface area contributed by atoms with Crippen LogP contribution >= 0.6 is 0 Å². The molecule has 1 heterocycles. The summed E-state index contributed by atoms with van der Waals surface area (Å²) in [5, 5.41) is 3.04. The second-order valence-electron chi connectivity index (χ2n) is 7.50. The molecule has 2 rings (SSSR count). The highest BCUT2D eigenvalue weighted by Gasteiger charge is 2.32. The van der Waals surface area contributed by atoms with E-state index in [0.717, 1.165) is 25.9 Å². The highest BCUT2D eigenvalue weighted by molar-refractivity contribution is 5.78. The largest absolute Gasteiger partial charge is 0.350 e. The van der Waals surface area contributed by atoms with Crippen molar-refractivity contribution in [1.29, 1.82) is 0 Å². The van der Waals surface area contributed by atoms with Crippen molar-refractivity contribution in [1.82, 2.24) is 10.2 Å². The molecule has 1 saturated heterocycles. The molecule has 0 saturated carbocycles. The van der Waals surface area contributed by atoms with Gasteiger partial charge < -0.3 is 5.32 Å². The molecule has 1 amide bonds. The van der Waals surface area contributed by atoms with E-state index in [2.05, 4.69) is 47.5 Å². The Morgan fingerprint density at radius 2 is 1.76 bits per heavy atom. The number of carbonyl (C=O) groups excluding carboxylic acids is 1. The van der Waals surface area contributed by atoms with Crippen LogP contribution in [0.4, 0.5) is 0 Å². The van der Waals surface area contributed by atoms with Gasteiger partial charge in [-0.2, -0.15) is 0 Å². The number of carbonyl (C=O) groups is 1. The lowest BCUT2D eigenvalue weighted by molar-refractivity contribution is -0.124. The lowest BCUT2D eigenvalue weighted by Gasteiger charge is -2.39. The van der Waals surface area contributed by atoms with E-state index in [9.17, 15) is 4.79 Å². The number of piperidine rings is 1. The van der Waals surface area contributed by atoms with Crippen molar-refractivity contribution < 1.29 is 4.79 Å². The maximum atomic E-state index is 12.0. The van der Waals surface area contributed by atoms with E-state index in [1.807, 2.05) is 20.8 Å².